The Labute approximate surface area is 156 Å². The Hall–Kier alpha value is -3.47. The van der Waals surface area contributed by atoms with Crippen LogP contribution in [-0.2, 0) is 0 Å². The van der Waals surface area contributed by atoms with E-state index in [1.165, 1.54) is 0 Å². The van der Waals surface area contributed by atoms with Gasteiger partial charge < -0.3 is 10.2 Å². The Morgan fingerprint density at radius 1 is 1.33 bits per heavy atom. The van der Waals surface area contributed by atoms with E-state index in [2.05, 4.69) is 31.4 Å². The zero-order valence-corrected chi connectivity index (χ0v) is 14.7. The predicted octanol–water partition coefficient (Wildman–Crippen LogP) is 1.64. The summed E-state index contributed by atoms with van der Waals surface area (Å²) in [5.41, 5.74) is 1.60. The second-order valence-electron chi connectivity index (χ2n) is 6.63. The van der Waals surface area contributed by atoms with Gasteiger partial charge in [0.05, 0.1) is 11.8 Å². The quantitative estimate of drug-likeness (QED) is 0.758. The molecule has 1 fully saturated rings. The summed E-state index contributed by atoms with van der Waals surface area (Å²) in [7, 11) is 0. The number of hydrogen-bond donors (Lipinski definition) is 1. The fourth-order valence-electron chi connectivity index (χ4n) is 3.40. The molecule has 1 amide bonds. The number of nitriles is 1. The van der Waals surface area contributed by atoms with E-state index >= 15 is 0 Å². The Morgan fingerprint density at radius 3 is 3.07 bits per heavy atom. The number of nitrogens with one attached hydrogen (secondary N) is 1. The van der Waals surface area contributed by atoms with Crippen LogP contribution in [0.2, 0.25) is 0 Å². The van der Waals surface area contributed by atoms with Crippen LogP contribution in [-0.4, -0.2) is 45.1 Å². The van der Waals surface area contributed by atoms with Crippen molar-refractivity contribution in [3.05, 3.63) is 54.1 Å². The summed E-state index contributed by atoms with van der Waals surface area (Å²) in [4.78, 5) is 23.3. The molecule has 1 atom stereocenters. The van der Waals surface area contributed by atoms with E-state index in [9.17, 15) is 4.79 Å². The smallest absolute Gasteiger partial charge is 0.256 e. The number of carbonyl (C=O) groups excluding carboxylic acids is 1. The second-order valence-corrected chi connectivity index (χ2v) is 6.63. The van der Waals surface area contributed by atoms with Gasteiger partial charge in [0.15, 0.2) is 5.65 Å². The first-order chi connectivity index (χ1) is 13.2. The van der Waals surface area contributed by atoms with E-state index < -0.39 is 0 Å². The summed E-state index contributed by atoms with van der Waals surface area (Å²) >= 11 is 0. The first-order valence-electron chi connectivity index (χ1n) is 8.92. The molecule has 1 aliphatic rings. The zero-order valence-electron chi connectivity index (χ0n) is 14.7. The monoisotopic (exact) mass is 361 g/mol. The molecule has 0 aromatic carbocycles. The summed E-state index contributed by atoms with van der Waals surface area (Å²) in [6.07, 6.45) is 8.66. The van der Waals surface area contributed by atoms with Gasteiger partial charge in [-0.15, -0.1) is 0 Å². The standard InChI is InChI=1S/C19H19N7O/c20-9-14-4-5-17(22-10-14)25-7-1-3-15(13-25)11-23-19(27)16-12-24-26-8-2-6-21-18(16)26/h2,4-6,8,10,12,15H,1,3,7,11,13H2,(H,23,27). The first kappa shape index (κ1) is 17.0. The van der Waals surface area contributed by atoms with Crippen LogP contribution in [0.5, 0.6) is 0 Å². The lowest BCUT2D eigenvalue weighted by atomic mass is 9.98. The molecule has 0 bridgehead atoms. The van der Waals surface area contributed by atoms with Gasteiger partial charge in [-0.05, 0) is 37.0 Å². The molecule has 1 aliphatic heterocycles. The third kappa shape index (κ3) is 3.58. The number of anilines is 1. The minimum atomic E-state index is -0.155. The Morgan fingerprint density at radius 2 is 2.26 bits per heavy atom. The van der Waals surface area contributed by atoms with Crippen molar-refractivity contribution >= 4 is 17.4 Å². The zero-order chi connectivity index (χ0) is 18.6. The Bertz CT molecular complexity index is 989. The lowest BCUT2D eigenvalue weighted by molar-refractivity contribution is 0.0947. The van der Waals surface area contributed by atoms with Gasteiger partial charge >= 0.3 is 0 Å². The maximum absolute atomic E-state index is 12.5. The van der Waals surface area contributed by atoms with Crippen LogP contribution < -0.4 is 10.2 Å². The van der Waals surface area contributed by atoms with Crippen LogP contribution in [0, 0.1) is 17.2 Å². The van der Waals surface area contributed by atoms with Crippen LogP contribution in [0.15, 0.2) is 43.0 Å². The van der Waals surface area contributed by atoms with E-state index in [1.807, 2.05) is 6.07 Å². The average molecular weight is 361 g/mol. The number of aromatic nitrogens is 4. The molecule has 0 spiro atoms. The van der Waals surface area contributed by atoms with Crippen molar-refractivity contribution in [2.24, 2.45) is 5.92 Å². The maximum atomic E-state index is 12.5. The highest BCUT2D eigenvalue weighted by Gasteiger charge is 2.22. The molecule has 4 heterocycles. The molecular formula is C19H19N7O. The lowest BCUT2D eigenvalue weighted by Gasteiger charge is -2.33. The molecule has 0 saturated carbocycles. The van der Waals surface area contributed by atoms with Gasteiger partial charge in [0.1, 0.15) is 17.5 Å². The van der Waals surface area contributed by atoms with Gasteiger partial charge in [-0.2, -0.15) is 10.4 Å². The fourth-order valence-corrected chi connectivity index (χ4v) is 3.40. The van der Waals surface area contributed by atoms with Crippen molar-refractivity contribution in [3.8, 4) is 6.07 Å². The number of rotatable bonds is 4. The molecule has 27 heavy (non-hydrogen) atoms. The molecule has 3 aromatic rings. The molecule has 8 heteroatoms. The second kappa shape index (κ2) is 7.41. The lowest BCUT2D eigenvalue weighted by Crippen LogP contribution is -2.41. The Balaban J connectivity index is 1.38. The van der Waals surface area contributed by atoms with Crippen molar-refractivity contribution in [1.29, 1.82) is 5.26 Å². The number of hydrogen-bond acceptors (Lipinski definition) is 6. The third-order valence-electron chi connectivity index (χ3n) is 4.80. The molecule has 1 N–H and O–H groups in total. The highest BCUT2D eigenvalue weighted by molar-refractivity contribution is 5.99. The van der Waals surface area contributed by atoms with Gasteiger partial charge in [-0.25, -0.2) is 14.5 Å². The van der Waals surface area contributed by atoms with Gasteiger partial charge in [-0.1, -0.05) is 0 Å². The summed E-state index contributed by atoms with van der Waals surface area (Å²) < 4.78 is 1.59. The van der Waals surface area contributed by atoms with Crippen molar-refractivity contribution in [1.82, 2.24) is 24.9 Å². The molecule has 0 aliphatic carbocycles. The molecular weight excluding hydrogens is 342 g/mol. The van der Waals surface area contributed by atoms with E-state index in [-0.39, 0.29) is 5.91 Å². The topological polar surface area (TPSA) is 99.2 Å². The van der Waals surface area contributed by atoms with E-state index in [0.29, 0.717) is 29.2 Å². The number of fused-ring (bicyclic) bond motifs is 1. The van der Waals surface area contributed by atoms with Crippen molar-refractivity contribution in [3.63, 3.8) is 0 Å². The van der Waals surface area contributed by atoms with Crippen molar-refractivity contribution in [2.45, 2.75) is 12.8 Å². The summed E-state index contributed by atoms with van der Waals surface area (Å²) in [5, 5.41) is 16.1. The summed E-state index contributed by atoms with van der Waals surface area (Å²) in [5.74, 6) is 1.06. The number of nitrogens with zero attached hydrogens (tertiary/aromatic N) is 6. The third-order valence-corrected chi connectivity index (χ3v) is 4.80. The first-order valence-corrected chi connectivity index (χ1v) is 8.92. The van der Waals surface area contributed by atoms with E-state index in [0.717, 1.165) is 31.7 Å². The highest BCUT2D eigenvalue weighted by Crippen LogP contribution is 2.21. The predicted molar refractivity (Wildman–Crippen MR) is 99.2 cm³/mol. The number of piperidine rings is 1. The molecule has 0 radical (unpaired) electrons. The summed E-state index contributed by atoms with van der Waals surface area (Å²) in [6.45, 7) is 2.35. The van der Waals surface area contributed by atoms with E-state index in [1.54, 1.807) is 41.4 Å². The van der Waals surface area contributed by atoms with Crippen molar-refractivity contribution in [2.75, 3.05) is 24.5 Å². The highest BCUT2D eigenvalue weighted by atomic mass is 16.1. The number of pyridine rings is 1. The fraction of sp³-hybridized carbons (Fsp3) is 0.316. The van der Waals surface area contributed by atoms with Crippen LogP contribution in [0.4, 0.5) is 5.82 Å². The molecule has 1 saturated heterocycles. The van der Waals surface area contributed by atoms with Crippen molar-refractivity contribution < 1.29 is 4.79 Å². The van der Waals surface area contributed by atoms with Crippen LogP contribution in [0.25, 0.3) is 5.65 Å². The largest absolute Gasteiger partial charge is 0.356 e. The minimum absolute atomic E-state index is 0.155. The van der Waals surface area contributed by atoms with Crippen LogP contribution in [0.3, 0.4) is 0 Å². The Kier molecular flexibility index (Phi) is 4.66. The van der Waals surface area contributed by atoms with Gasteiger partial charge in [0, 0.05) is 38.2 Å². The number of amides is 1. The molecule has 4 rings (SSSR count). The minimum Gasteiger partial charge on any atom is -0.356 e. The van der Waals surface area contributed by atoms with Gasteiger partial charge in [0.25, 0.3) is 5.91 Å². The molecule has 1 unspecified atom stereocenters. The van der Waals surface area contributed by atoms with Crippen LogP contribution >= 0.6 is 0 Å². The maximum Gasteiger partial charge on any atom is 0.256 e. The SMILES string of the molecule is N#Cc1ccc(N2CCCC(CNC(=O)c3cnn4cccnc34)C2)nc1. The van der Waals surface area contributed by atoms with E-state index in [4.69, 9.17) is 5.26 Å². The molecule has 3 aromatic heterocycles. The molecule has 136 valence electrons. The molecule has 8 nitrogen and oxygen atoms in total. The average Bonchev–Trinajstić information content (AvgIpc) is 3.16. The normalized spacial score (nSPS) is 16.9. The van der Waals surface area contributed by atoms with Crippen LogP contribution in [0.1, 0.15) is 28.8 Å². The number of carbonyl (C=O) groups is 1. The summed E-state index contributed by atoms with van der Waals surface area (Å²) in [6, 6.07) is 7.52. The van der Waals surface area contributed by atoms with Gasteiger partial charge in [-0.3, -0.25) is 4.79 Å². The van der Waals surface area contributed by atoms with Gasteiger partial charge in [0.2, 0.25) is 0 Å².